The van der Waals surface area contributed by atoms with Crippen LogP contribution in [-0.2, 0) is 0 Å². The Kier molecular flexibility index (Phi) is 6.50. The molecule has 0 saturated carbocycles. The van der Waals surface area contributed by atoms with Crippen LogP contribution in [0.25, 0.3) is 0 Å². The van der Waals surface area contributed by atoms with Crippen molar-refractivity contribution in [2.75, 3.05) is 5.43 Å². The zero-order chi connectivity index (χ0) is 16.5. The first kappa shape index (κ1) is 17.1. The second-order valence-corrected chi connectivity index (χ2v) is 4.43. The van der Waals surface area contributed by atoms with Crippen LogP contribution in [0, 0.1) is 32.1 Å². The van der Waals surface area contributed by atoms with E-state index < -0.39 is 15.5 Å². The van der Waals surface area contributed by atoms with E-state index in [-0.39, 0.29) is 11.4 Å². The van der Waals surface area contributed by atoms with Gasteiger partial charge in [-0.3, -0.25) is 25.7 Å². The molecule has 0 bridgehead atoms. The molecule has 1 N–H and O–H groups in total. The molecule has 0 saturated heterocycles. The van der Waals surface area contributed by atoms with E-state index in [1.54, 1.807) is 6.92 Å². The summed E-state index contributed by atoms with van der Waals surface area (Å²) in [5.74, 6) is 5.77. The zero-order valence-electron chi connectivity index (χ0n) is 12.3. The van der Waals surface area contributed by atoms with Gasteiger partial charge in [0, 0.05) is 12.5 Å². The van der Waals surface area contributed by atoms with Gasteiger partial charge < -0.3 is 0 Å². The quantitative estimate of drug-likeness (QED) is 0.284. The van der Waals surface area contributed by atoms with Crippen LogP contribution in [0.3, 0.4) is 0 Å². The number of anilines is 1. The molecular weight excluding hydrogens is 288 g/mol. The van der Waals surface area contributed by atoms with Gasteiger partial charge in [-0.15, -0.1) is 0 Å². The highest BCUT2D eigenvalue weighted by molar-refractivity contribution is 5.98. The minimum absolute atomic E-state index is 0.0744. The summed E-state index contributed by atoms with van der Waals surface area (Å²) in [4.78, 5) is 20.2. The van der Waals surface area contributed by atoms with Crippen LogP contribution in [0.15, 0.2) is 23.3 Å². The topological polar surface area (TPSA) is 111 Å². The highest BCUT2D eigenvalue weighted by Crippen LogP contribution is 2.28. The zero-order valence-corrected chi connectivity index (χ0v) is 12.3. The Labute approximate surface area is 127 Å². The van der Waals surface area contributed by atoms with E-state index >= 15 is 0 Å². The van der Waals surface area contributed by atoms with Crippen molar-refractivity contribution >= 4 is 22.8 Å². The standard InChI is InChI=1S/C14H16N4O4/c1-3-4-5-6-7-11(2)15-16-13-9-8-12(17(19)20)10-14(13)18(21)22/h8-10,16H,3-5H2,1-2H3/b15-11-. The lowest BCUT2D eigenvalue weighted by molar-refractivity contribution is -0.393. The van der Waals surface area contributed by atoms with Crippen LogP contribution >= 0.6 is 0 Å². The Bertz CT molecular complexity index is 659. The maximum atomic E-state index is 11.0. The van der Waals surface area contributed by atoms with Gasteiger partial charge in [-0.05, 0) is 25.3 Å². The van der Waals surface area contributed by atoms with Gasteiger partial charge in [0.1, 0.15) is 11.4 Å². The molecule has 0 aliphatic rings. The lowest BCUT2D eigenvalue weighted by Crippen LogP contribution is -2.00. The van der Waals surface area contributed by atoms with Crippen molar-refractivity contribution < 1.29 is 9.85 Å². The third-order valence-corrected chi connectivity index (χ3v) is 2.66. The summed E-state index contributed by atoms with van der Waals surface area (Å²) in [5, 5.41) is 25.5. The number of rotatable bonds is 6. The van der Waals surface area contributed by atoms with Gasteiger partial charge in [0.05, 0.1) is 15.9 Å². The summed E-state index contributed by atoms with van der Waals surface area (Å²) in [6.45, 7) is 3.74. The molecule has 0 aromatic heterocycles. The summed E-state index contributed by atoms with van der Waals surface area (Å²) in [5.41, 5.74) is 2.31. The molecule has 116 valence electrons. The Hall–Kier alpha value is -2.95. The largest absolute Gasteiger partial charge is 0.301 e. The van der Waals surface area contributed by atoms with E-state index in [0.29, 0.717) is 5.71 Å². The highest BCUT2D eigenvalue weighted by atomic mass is 16.6. The van der Waals surface area contributed by atoms with Crippen molar-refractivity contribution in [1.29, 1.82) is 0 Å². The van der Waals surface area contributed by atoms with E-state index in [4.69, 9.17) is 0 Å². The van der Waals surface area contributed by atoms with Crippen LogP contribution in [0.4, 0.5) is 17.1 Å². The van der Waals surface area contributed by atoms with Gasteiger partial charge in [-0.1, -0.05) is 19.3 Å². The molecule has 1 aromatic rings. The summed E-state index contributed by atoms with van der Waals surface area (Å²) >= 11 is 0. The van der Waals surface area contributed by atoms with Gasteiger partial charge in [-0.25, -0.2) is 0 Å². The van der Waals surface area contributed by atoms with E-state index in [1.807, 2.05) is 0 Å². The summed E-state index contributed by atoms with van der Waals surface area (Å²) in [6.07, 6.45) is 2.82. The molecule has 8 heteroatoms. The second-order valence-electron chi connectivity index (χ2n) is 4.43. The molecule has 0 spiro atoms. The first-order valence-electron chi connectivity index (χ1n) is 6.67. The fourth-order valence-corrected chi connectivity index (χ4v) is 1.51. The third-order valence-electron chi connectivity index (χ3n) is 2.66. The normalized spacial score (nSPS) is 10.5. The predicted octanol–water partition coefficient (Wildman–Crippen LogP) is 3.48. The Balaban J connectivity index is 2.90. The fraction of sp³-hybridized carbons (Fsp3) is 0.357. The molecule has 22 heavy (non-hydrogen) atoms. The smallest absolute Gasteiger partial charge is 0.271 e. The van der Waals surface area contributed by atoms with Crippen molar-refractivity contribution in [3.05, 3.63) is 38.4 Å². The van der Waals surface area contributed by atoms with Crippen LogP contribution in [0.2, 0.25) is 0 Å². The minimum atomic E-state index is -0.701. The van der Waals surface area contributed by atoms with Crippen LogP contribution in [0.5, 0.6) is 0 Å². The predicted molar refractivity (Wildman–Crippen MR) is 83.8 cm³/mol. The average molecular weight is 304 g/mol. The lowest BCUT2D eigenvalue weighted by atomic mass is 10.2. The van der Waals surface area contributed by atoms with Gasteiger partial charge in [0.25, 0.3) is 5.69 Å². The number of hydrazone groups is 1. The number of hydrogen-bond donors (Lipinski definition) is 1. The molecule has 0 amide bonds. The monoisotopic (exact) mass is 304 g/mol. The molecule has 1 aromatic carbocycles. The summed E-state index contributed by atoms with van der Waals surface area (Å²) < 4.78 is 0. The van der Waals surface area contributed by atoms with Crippen LogP contribution in [-0.4, -0.2) is 15.6 Å². The molecule has 0 aliphatic heterocycles. The molecule has 0 heterocycles. The molecule has 0 atom stereocenters. The molecule has 1 rings (SSSR count). The number of unbranched alkanes of at least 4 members (excludes halogenated alkanes) is 2. The molecule has 8 nitrogen and oxygen atoms in total. The van der Waals surface area contributed by atoms with Gasteiger partial charge in [0.2, 0.25) is 0 Å². The fourth-order valence-electron chi connectivity index (χ4n) is 1.51. The van der Waals surface area contributed by atoms with Gasteiger partial charge in [-0.2, -0.15) is 5.10 Å². The van der Waals surface area contributed by atoms with Crippen molar-refractivity contribution in [2.45, 2.75) is 33.1 Å². The maximum Gasteiger partial charge on any atom is 0.301 e. The number of nitro groups is 2. The first-order valence-corrected chi connectivity index (χ1v) is 6.67. The van der Waals surface area contributed by atoms with E-state index in [1.165, 1.54) is 12.1 Å². The summed E-state index contributed by atoms with van der Waals surface area (Å²) in [7, 11) is 0. The molecule has 0 fully saturated rings. The van der Waals surface area contributed by atoms with E-state index in [2.05, 4.69) is 29.3 Å². The number of nitrogens with one attached hydrogen (secondary N) is 1. The highest BCUT2D eigenvalue weighted by Gasteiger charge is 2.19. The molecule has 0 radical (unpaired) electrons. The van der Waals surface area contributed by atoms with Crippen molar-refractivity contribution in [3.63, 3.8) is 0 Å². The van der Waals surface area contributed by atoms with Crippen molar-refractivity contribution in [1.82, 2.24) is 0 Å². The van der Waals surface area contributed by atoms with Crippen molar-refractivity contribution in [3.8, 4) is 11.8 Å². The average Bonchev–Trinajstić information content (AvgIpc) is 2.49. The molecular formula is C14H16N4O4. The second kappa shape index (κ2) is 8.36. The number of nitrogens with zero attached hydrogens (tertiary/aromatic N) is 3. The number of nitro benzene ring substituents is 2. The van der Waals surface area contributed by atoms with Crippen molar-refractivity contribution in [2.24, 2.45) is 5.10 Å². The number of benzene rings is 1. The van der Waals surface area contributed by atoms with E-state index in [0.717, 1.165) is 25.3 Å². The van der Waals surface area contributed by atoms with Gasteiger partial charge in [0.15, 0.2) is 0 Å². The molecule has 0 aliphatic carbocycles. The lowest BCUT2D eigenvalue weighted by Gasteiger charge is -2.02. The summed E-state index contributed by atoms with van der Waals surface area (Å²) in [6, 6.07) is 3.31. The number of non-ortho nitro benzene ring substituents is 1. The van der Waals surface area contributed by atoms with Crippen LogP contribution in [0.1, 0.15) is 33.1 Å². The Morgan fingerprint density at radius 2 is 2.05 bits per heavy atom. The SMILES string of the molecule is CCCCC#C/C(C)=N\Nc1ccc([N+](=O)[O-])cc1[N+](=O)[O-]. The van der Waals surface area contributed by atoms with Gasteiger partial charge >= 0.3 is 5.69 Å². The Morgan fingerprint density at radius 1 is 1.32 bits per heavy atom. The molecule has 0 unspecified atom stereocenters. The maximum absolute atomic E-state index is 11.0. The number of hydrogen-bond acceptors (Lipinski definition) is 6. The first-order chi connectivity index (χ1) is 10.5. The van der Waals surface area contributed by atoms with Crippen LogP contribution < -0.4 is 5.43 Å². The van der Waals surface area contributed by atoms with E-state index in [9.17, 15) is 20.2 Å². The minimum Gasteiger partial charge on any atom is -0.271 e. The third kappa shape index (κ3) is 5.20. The Morgan fingerprint density at radius 3 is 2.64 bits per heavy atom.